The van der Waals surface area contributed by atoms with Crippen molar-refractivity contribution in [1.29, 1.82) is 0 Å². The zero-order valence-corrected chi connectivity index (χ0v) is 17.7. The van der Waals surface area contributed by atoms with E-state index in [2.05, 4.69) is 10.6 Å². The molecule has 0 aliphatic heterocycles. The van der Waals surface area contributed by atoms with Crippen molar-refractivity contribution >= 4 is 23.8 Å². The predicted octanol–water partition coefficient (Wildman–Crippen LogP) is 2.35. The minimum absolute atomic E-state index is 0.0671. The molecule has 0 spiro atoms. The maximum absolute atomic E-state index is 12.9. The number of nitrogens with one attached hydrogen (secondary N) is 2. The molecule has 2 amide bonds. The fourth-order valence-corrected chi connectivity index (χ4v) is 3.51. The first-order chi connectivity index (χ1) is 14.3. The number of hydrogen-bond acceptors (Lipinski definition) is 6. The van der Waals surface area contributed by atoms with E-state index in [4.69, 9.17) is 9.47 Å². The molecule has 0 unspecified atom stereocenters. The van der Waals surface area contributed by atoms with Crippen molar-refractivity contribution in [3.63, 3.8) is 0 Å². The van der Waals surface area contributed by atoms with Gasteiger partial charge >= 0.3 is 12.1 Å². The van der Waals surface area contributed by atoms with Crippen LogP contribution in [0.5, 0.6) is 0 Å². The summed E-state index contributed by atoms with van der Waals surface area (Å²) in [6.07, 6.45) is 1.30. The van der Waals surface area contributed by atoms with E-state index in [0.29, 0.717) is 19.3 Å². The Morgan fingerprint density at radius 2 is 1.83 bits per heavy atom. The van der Waals surface area contributed by atoms with E-state index < -0.39 is 30.1 Å². The number of methoxy groups -OCH3 is 1. The highest BCUT2D eigenvalue weighted by Gasteiger charge is 2.36. The van der Waals surface area contributed by atoms with E-state index in [9.17, 15) is 19.2 Å². The van der Waals surface area contributed by atoms with Gasteiger partial charge in [0.15, 0.2) is 0 Å². The zero-order valence-electron chi connectivity index (χ0n) is 17.7. The number of amides is 2. The molecule has 164 valence electrons. The summed E-state index contributed by atoms with van der Waals surface area (Å²) in [5.41, 5.74) is 0.825. The Morgan fingerprint density at radius 3 is 2.43 bits per heavy atom. The van der Waals surface area contributed by atoms with E-state index in [0.717, 1.165) is 5.56 Å². The Bertz CT molecular complexity index is 749. The molecule has 2 rings (SSSR count). The lowest BCUT2D eigenvalue weighted by atomic mass is 9.83. The molecule has 0 aromatic heterocycles. The van der Waals surface area contributed by atoms with Crippen molar-refractivity contribution in [3.05, 3.63) is 35.9 Å². The third kappa shape index (κ3) is 6.86. The van der Waals surface area contributed by atoms with Crippen LogP contribution in [0.25, 0.3) is 0 Å². The van der Waals surface area contributed by atoms with E-state index in [1.165, 1.54) is 7.11 Å². The molecule has 1 aliphatic carbocycles. The summed E-state index contributed by atoms with van der Waals surface area (Å²) in [5, 5.41) is 5.25. The summed E-state index contributed by atoms with van der Waals surface area (Å²) in [5.74, 6) is -1.62. The molecule has 2 N–H and O–H groups in total. The topological polar surface area (TPSA) is 111 Å². The molecule has 3 atom stereocenters. The Labute approximate surface area is 176 Å². The van der Waals surface area contributed by atoms with Gasteiger partial charge in [0.1, 0.15) is 24.5 Å². The number of carbonyl (C=O) groups is 4. The van der Waals surface area contributed by atoms with Crippen LogP contribution in [0.3, 0.4) is 0 Å². The number of benzene rings is 1. The van der Waals surface area contributed by atoms with Crippen molar-refractivity contribution in [2.45, 2.75) is 58.2 Å². The third-order valence-corrected chi connectivity index (χ3v) is 5.18. The Balaban J connectivity index is 2.00. The summed E-state index contributed by atoms with van der Waals surface area (Å²) in [7, 11) is 1.24. The van der Waals surface area contributed by atoms with Gasteiger partial charge in [0.25, 0.3) is 0 Å². The van der Waals surface area contributed by atoms with Crippen LogP contribution in [0.15, 0.2) is 30.3 Å². The molecule has 0 saturated heterocycles. The van der Waals surface area contributed by atoms with Crippen LogP contribution < -0.4 is 10.6 Å². The van der Waals surface area contributed by atoms with Crippen LogP contribution in [0, 0.1) is 11.8 Å². The quantitative estimate of drug-likeness (QED) is 0.627. The minimum atomic E-state index is -0.935. The average Bonchev–Trinajstić information content (AvgIpc) is 2.74. The van der Waals surface area contributed by atoms with E-state index in [-0.39, 0.29) is 30.6 Å². The van der Waals surface area contributed by atoms with Crippen molar-refractivity contribution < 1.29 is 28.7 Å². The first-order valence-corrected chi connectivity index (χ1v) is 10.2. The molecule has 1 aromatic carbocycles. The summed E-state index contributed by atoms with van der Waals surface area (Å²) >= 11 is 0. The summed E-state index contributed by atoms with van der Waals surface area (Å²) in [6.45, 7) is 3.63. The number of ether oxygens (including phenoxy) is 2. The second-order valence-electron chi connectivity index (χ2n) is 7.83. The summed E-state index contributed by atoms with van der Waals surface area (Å²) in [6, 6.07) is 7.35. The molecule has 8 nitrogen and oxygen atoms in total. The smallest absolute Gasteiger partial charge is 0.408 e. The van der Waals surface area contributed by atoms with Gasteiger partial charge in [-0.3, -0.25) is 9.59 Å². The van der Waals surface area contributed by atoms with Gasteiger partial charge in [-0.05, 0) is 30.2 Å². The van der Waals surface area contributed by atoms with Crippen LogP contribution in [0.4, 0.5) is 4.79 Å². The normalized spacial score (nSPS) is 18.3. The maximum Gasteiger partial charge on any atom is 0.408 e. The first-order valence-electron chi connectivity index (χ1n) is 10.2. The number of rotatable bonds is 8. The Morgan fingerprint density at radius 1 is 1.13 bits per heavy atom. The predicted molar refractivity (Wildman–Crippen MR) is 109 cm³/mol. The number of alkyl carbamates (subject to hydrolysis) is 1. The van der Waals surface area contributed by atoms with Gasteiger partial charge in [0.05, 0.1) is 7.11 Å². The van der Waals surface area contributed by atoms with Crippen molar-refractivity contribution in [3.8, 4) is 0 Å². The van der Waals surface area contributed by atoms with Gasteiger partial charge in [0.2, 0.25) is 5.91 Å². The van der Waals surface area contributed by atoms with E-state index in [1.807, 2.05) is 30.3 Å². The number of ketones is 1. The molecule has 30 heavy (non-hydrogen) atoms. The molecule has 0 bridgehead atoms. The number of Topliss-reactive ketones (excluding diaryl/α,β-unsaturated/α-hetero) is 1. The molecule has 1 aliphatic rings. The molecular formula is C22H30N2O6. The molecule has 0 heterocycles. The first kappa shape index (κ1) is 23.4. The van der Waals surface area contributed by atoms with Crippen molar-refractivity contribution in [1.82, 2.24) is 10.6 Å². The minimum Gasteiger partial charge on any atom is -0.467 e. The summed E-state index contributed by atoms with van der Waals surface area (Å²) in [4.78, 5) is 49.2. The second-order valence-corrected chi connectivity index (χ2v) is 7.83. The van der Waals surface area contributed by atoms with Crippen molar-refractivity contribution in [2.75, 3.05) is 7.11 Å². The lowest BCUT2D eigenvalue weighted by Crippen LogP contribution is -2.56. The lowest BCUT2D eigenvalue weighted by molar-refractivity contribution is -0.147. The number of carbonyl (C=O) groups excluding carboxylic acids is 4. The molecule has 1 saturated carbocycles. The van der Waals surface area contributed by atoms with Gasteiger partial charge in [-0.2, -0.15) is 0 Å². The van der Waals surface area contributed by atoms with Crippen LogP contribution in [0.1, 0.15) is 45.1 Å². The van der Waals surface area contributed by atoms with Gasteiger partial charge < -0.3 is 20.1 Å². The zero-order chi connectivity index (χ0) is 22.1. The monoisotopic (exact) mass is 418 g/mol. The van der Waals surface area contributed by atoms with E-state index in [1.54, 1.807) is 13.8 Å². The maximum atomic E-state index is 12.9. The Hall–Kier alpha value is -2.90. The average molecular weight is 418 g/mol. The van der Waals surface area contributed by atoms with Gasteiger partial charge in [-0.1, -0.05) is 44.2 Å². The van der Waals surface area contributed by atoms with Gasteiger partial charge in [-0.25, -0.2) is 9.59 Å². The largest absolute Gasteiger partial charge is 0.467 e. The molecule has 0 radical (unpaired) electrons. The lowest BCUT2D eigenvalue weighted by Gasteiger charge is -2.30. The highest BCUT2D eigenvalue weighted by atomic mass is 16.5. The third-order valence-electron chi connectivity index (χ3n) is 5.18. The molecule has 1 aromatic rings. The summed E-state index contributed by atoms with van der Waals surface area (Å²) < 4.78 is 10.0. The molecule has 1 fully saturated rings. The fourth-order valence-electron chi connectivity index (χ4n) is 3.51. The van der Waals surface area contributed by atoms with Crippen LogP contribution >= 0.6 is 0 Å². The Kier molecular flexibility index (Phi) is 8.83. The van der Waals surface area contributed by atoms with E-state index >= 15 is 0 Å². The number of esters is 1. The van der Waals surface area contributed by atoms with Crippen LogP contribution in [0.2, 0.25) is 0 Å². The fraction of sp³-hybridized carbons (Fsp3) is 0.545. The molecular weight excluding hydrogens is 388 g/mol. The van der Waals surface area contributed by atoms with Crippen LogP contribution in [-0.4, -0.2) is 42.9 Å². The second kappa shape index (κ2) is 11.3. The van der Waals surface area contributed by atoms with Gasteiger partial charge in [-0.15, -0.1) is 0 Å². The van der Waals surface area contributed by atoms with Crippen molar-refractivity contribution in [2.24, 2.45) is 11.8 Å². The van der Waals surface area contributed by atoms with Crippen LogP contribution in [-0.2, 0) is 30.5 Å². The van der Waals surface area contributed by atoms with Gasteiger partial charge in [0, 0.05) is 12.8 Å². The highest BCUT2D eigenvalue weighted by molar-refractivity contribution is 5.90. The molecule has 8 heteroatoms. The SMILES string of the molecule is COC(=O)[C@H](NC(=O)[C@H](NC(=O)OCc1ccccc1)C(C)C)[C@@H]1CCCC(=O)C1. The number of hydrogen-bond donors (Lipinski definition) is 2. The standard InChI is InChI=1S/C22H30N2O6/c1-14(2)18(24-22(28)30-13-15-8-5-4-6-9-15)20(26)23-19(21(27)29-3)16-10-7-11-17(25)12-16/h4-6,8-9,14,16,18-19H,7,10-13H2,1-3H3,(H,23,26)(H,24,28)/t16-,18-,19-/m1/s1. The highest BCUT2D eigenvalue weighted by Crippen LogP contribution is 2.25.